The van der Waals surface area contributed by atoms with E-state index in [1.165, 1.54) is 18.3 Å². The van der Waals surface area contributed by atoms with Gasteiger partial charge in [0.25, 0.3) is 10.0 Å². The van der Waals surface area contributed by atoms with Crippen molar-refractivity contribution < 1.29 is 17.5 Å². The Kier molecular flexibility index (Phi) is 3.94. The van der Waals surface area contributed by atoms with Crippen molar-refractivity contribution in [3.8, 4) is 5.75 Å². The number of nitrogens with zero attached hydrogens (tertiary/aromatic N) is 1. The maximum Gasteiger partial charge on any atom is 0.268 e. The van der Waals surface area contributed by atoms with E-state index in [0.717, 1.165) is 21.7 Å². The van der Waals surface area contributed by atoms with E-state index in [1.807, 2.05) is 0 Å². The van der Waals surface area contributed by atoms with E-state index in [9.17, 15) is 12.8 Å². The molecule has 1 aliphatic heterocycles. The van der Waals surface area contributed by atoms with Gasteiger partial charge in [0.1, 0.15) is 18.2 Å². The van der Waals surface area contributed by atoms with Crippen LogP contribution >= 0.6 is 11.6 Å². The van der Waals surface area contributed by atoms with Crippen LogP contribution in [0.4, 0.5) is 4.39 Å². The third-order valence-electron chi connectivity index (χ3n) is 4.16. The van der Waals surface area contributed by atoms with Crippen LogP contribution in [0.1, 0.15) is 5.56 Å². The first-order valence-corrected chi connectivity index (χ1v) is 9.47. The molecule has 0 saturated carbocycles. The largest absolute Gasteiger partial charge is 0.492 e. The number of hydrogen-bond donors (Lipinski definition) is 1. The fourth-order valence-corrected chi connectivity index (χ4v) is 4.71. The zero-order valence-corrected chi connectivity index (χ0v) is 14.6. The number of fused-ring (bicyclic) bond motifs is 3. The van der Waals surface area contributed by atoms with E-state index in [4.69, 9.17) is 16.3 Å². The molecule has 0 spiro atoms. The molecular formula is C17H14ClFN2O3S. The van der Waals surface area contributed by atoms with Crippen LogP contribution in [0.3, 0.4) is 0 Å². The minimum Gasteiger partial charge on any atom is -0.492 e. The minimum absolute atomic E-state index is 0.00761. The highest BCUT2D eigenvalue weighted by molar-refractivity contribution is 7.90. The lowest BCUT2D eigenvalue weighted by Gasteiger charge is -2.10. The highest BCUT2D eigenvalue weighted by atomic mass is 35.5. The van der Waals surface area contributed by atoms with Crippen molar-refractivity contribution in [2.45, 2.75) is 11.4 Å². The second-order valence-electron chi connectivity index (χ2n) is 5.69. The Morgan fingerprint density at radius 3 is 2.68 bits per heavy atom. The molecule has 0 radical (unpaired) electrons. The van der Waals surface area contributed by atoms with E-state index < -0.39 is 15.8 Å². The molecule has 2 heterocycles. The maximum absolute atomic E-state index is 13.1. The Hall–Kier alpha value is -2.09. The molecule has 5 nitrogen and oxygen atoms in total. The van der Waals surface area contributed by atoms with Crippen LogP contribution in [0.5, 0.6) is 5.75 Å². The van der Waals surface area contributed by atoms with E-state index in [-0.39, 0.29) is 4.90 Å². The average molecular weight is 381 g/mol. The third kappa shape index (κ3) is 2.68. The Labute approximate surface area is 149 Å². The Morgan fingerprint density at radius 2 is 1.92 bits per heavy atom. The number of aromatic nitrogens is 1. The van der Waals surface area contributed by atoms with E-state index in [1.54, 1.807) is 12.1 Å². The fraction of sp³-hybridized carbons (Fsp3) is 0.176. The minimum atomic E-state index is -3.89. The van der Waals surface area contributed by atoms with Crippen molar-refractivity contribution in [1.29, 1.82) is 0 Å². The zero-order chi connectivity index (χ0) is 17.6. The Bertz CT molecular complexity index is 1060. The quantitative estimate of drug-likeness (QED) is 0.742. The van der Waals surface area contributed by atoms with Crippen molar-refractivity contribution in [2.24, 2.45) is 0 Å². The molecule has 4 rings (SSSR count). The summed E-state index contributed by atoms with van der Waals surface area (Å²) in [6.07, 6.45) is 1.37. The molecule has 0 aliphatic carbocycles. The van der Waals surface area contributed by atoms with Gasteiger partial charge in [-0.15, -0.1) is 0 Å². The summed E-state index contributed by atoms with van der Waals surface area (Å²) < 4.78 is 45.8. The van der Waals surface area contributed by atoms with Crippen LogP contribution in [0.15, 0.2) is 47.5 Å². The summed E-state index contributed by atoms with van der Waals surface area (Å²) in [6.45, 7) is 1.76. The van der Waals surface area contributed by atoms with E-state index in [2.05, 4.69) is 5.32 Å². The fourth-order valence-electron chi connectivity index (χ4n) is 2.98. The van der Waals surface area contributed by atoms with Crippen molar-refractivity contribution in [3.05, 3.63) is 59.0 Å². The van der Waals surface area contributed by atoms with Gasteiger partial charge in [-0.2, -0.15) is 0 Å². The van der Waals surface area contributed by atoms with Gasteiger partial charge < -0.3 is 10.1 Å². The average Bonchev–Trinajstić information content (AvgIpc) is 2.79. The summed E-state index contributed by atoms with van der Waals surface area (Å²) >= 11 is 6.36. The first-order valence-electron chi connectivity index (χ1n) is 7.65. The van der Waals surface area contributed by atoms with Gasteiger partial charge in [-0.1, -0.05) is 11.6 Å². The first kappa shape index (κ1) is 16.4. The molecule has 0 amide bonds. The summed E-state index contributed by atoms with van der Waals surface area (Å²) in [5.74, 6) is 0.194. The second kappa shape index (κ2) is 6.01. The third-order valence-corrected chi connectivity index (χ3v) is 6.14. The number of benzene rings is 2. The molecule has 0 bridgehead atoms. The van der Waals surface area contributed by atoms with Gasteiger partial charge in [-0.05, 0) is 36.4 Å². The van der Waals surface area contributed by atoms with Crippen LogP contribution in [0, 0.1) is 5.82 Å². The van der Waals surface area contributed by atoms with Crippen LogP contribution in [0.2, 0.25) is 5.02 Å². The van der Waals surface area contributed by atoms with Crippen LogP contribution < -0.4 is 10.1 Å². The molecule has 1 aliphatic rings. The molecule has 8 heteroatoms. The topological polar surface area (TPSA) is 60.3 Å². The van der Waals surface area contributed by atoms with Gasteiger partial charge in [0.05, 0.1) is 15.4 Å². The van der Waals surface area contributed by atoms with Crippen molar-refractivity contribution in [2.75, 3.05) is 13.2 Å². The molecule has 0 unspecified atom stereocenters. The molecule has 130 valence electrons. The Morgan fingerprint density at radius 1 is 1.16 bits per heavy atom. The number of nitrogens with one attached hydrogen (secondary N) is 1. The lowest BCUT2D eigenvalue weighted by molar-refractivity contribution is 0.326. The highest BCUT2D eigenvalue weighted by Crippen LogP contribution is 2.36. The van der Waals surface area contributed by atoms with Crippen molar-refractivity contribution >= 4 is 32.5 Å². The summed E-state index contributed by atoms with van der Waals surface area (Å²) in [7, 11) is -3.89. The summed E-state index contributed by atoms with van der Waals surface area (Å²) in [6, 6.07) is 8.12. The van der Waals surface area contributed by atoms with Gasteiger partial charge in [-0.25, -0.2) is 16.8 Å². The van der Waals surface area contributed by atoms with Gasteiger partial charge >= 0.3 is 0 Å². The predicted molar refractivity (Wildman–Crippen MR) is 93.1 cm³/mol. The highest BCUT2D eigenvalue weighted by Gasteiger charge is 2.24. The predicted octanol–water partition coefficient (Wildman–Crippen LogP) is 3.15. The van der Waals surface area contributed by atoms with Gasteiger partial charge in [0, 0.05) is 30.2 Å². The molecule has 25 heavy (non-hydrogen) atoms. The molecule has 3 aromatic rings. The number of rotatable bonds is 2. The SMILES string of the molecule is O=S(=O)(c1ccc(F)cc1)n1cc(Cl)c2c3c(ccc21)OCCNC3. The lowest BCUT2D eigenvalue weighted by Crippen LogP contribution is -2.16. The maximum atomic E-state index is 13.1. The standard InChI is InChI=1S/C17H14ClFN2O3S/c18-14-10-21(25(22,23)12-3-1-11(19)2-4-12)15-5-6-16-13(17(14)15)9-20-7-8-24-16/h1-6,10,20H,7-9H2. The molecule has 0 atom stereocenters. The number of ether oxygens (including phenoxy) is 1. The number of hydrogen-bond acceptors (Lipinski definition) is 4. The summed E-state index contributed by atoms with van der Waals surface area (Å²) in [5.41, 5.74) is 1.29. The van der Waals surface area contributed by atoms with Crippen LogP contribution in [-0.4, -0.2) is 25.5 Å². The van der Waals surface area contributed by atoms with Crippen molar-refractivity contribution in [1.82, 2.24) is 9.29 Å². The van der Waals surface area contributed by atoms with E-state index >= 15 is 0 Å². The lowest BCUT2D eigenvalue weighted by atomic mass is 10.1. The molecule has 0 fully saturated rings. The smallest absolute Gasteiger partial charge is 0.268 e. The van der Waals surface area contributed by atoms with E-state index in [0.29, 0.717) is 41.4 Å². The number of halogens is 2. The molecule has 1 N–H and O–H groups in total. The summed E-state index contributed by atoms with van der Waals surface area (Å²) in [5, 5.41) is 4.19. The second-order valence-corrected chi connectivity index (χ2v) is 7.92. The van der Waals surface area contributed by atoms with Crippen LogP contribution in [-0.2, 0) is 16.6 Å². The van der Waals surface area contributed by atoms with Gasteiger partial charge in [0.15, 0.2) is 0 Å². The van der Waals surface area contributed by atoms with Gasteiger partial charge in [0.2, 0.25) is 0 Å². The molecular weight excluding hydrogens is 367 g/mol. The Balaban J connectivity index is 1.94. The normalized spacial score (nSPS) is 14.8. The molecule has 2 aromatic carbocycles. The zero-order valence-electron chi connectivity index (χ0n) is 13.0. The molecule has 0 saturated heterocycles. The summed E-state index contributed by atoms with van der Waals surface area (Å²) in [4.78, 5) is -0.00761. The monoisotopic (exact) mass is 380 g/mol. The van der Waals surface area contributed by atoms with Gasteiger partial charge in [-0.3, -0.25) is 0 Å². The first-order chi connectivity index (χ1) is 12.0. The van der Waals surface area contributed by atoms with Crippen molar-refractivity contribution in [3.63, 3.8) is 0 Å². The molecule has 1 aromatic heterocycles. The van der Waals surface area contributed by atoms with Crippen LogP contribution in [0.25, 0.3) is 10.9 Å².